The summed E-state index contributed by atoms with van der Waals surface area (Å²) in [7, 11) is 0. The summed E-state index contributed by atoms with van der Waals surface area (Å²) >= 11 is 0. The predicted octanol–water partition coefficient (Wildman–Crippen LogP) is 4.32. The average Bonchev–Trinajstić information content (AvgIpc) is 3.00. The van der Waals surface area contributed by atoms with Crippen molar-refractivity contribution >= 4 is 28.4 Å². The summed E-state index contributed by atoms with van der Waals surface area (Å²) in [5, 5.41) is 3.70. The van der Waals surface area contributed by atoms with E-state index in [9.17, 15) is 9.59 Å². The van der Waals surface area contributed by atoms with Crippen LogP contribution in [0.1, 0.15) is 37.3 Å². The Morgan fingerprint density at radius 3 is 2.61 bits per heavy atom. The topological polar surface area (TPSA) is 62.3 Å². The number of benzene rings is 2. The lowest BCUT2D eigenvalue weighted by Gasteiger charge is -2.30. The number of nitrogens with zero attached hydrogens (tertiary/aromatic N) is 2. The Morgan fingerprint density at radius 2 is 1.75 bits per heavy atom. The Bertz CT molecular complexity index is 982. The average molecular weight is 373 g/mol. The van der Waals surface area contributed by atoms with Gasteiger partial charge in [0.2, 0.25) is 0 Å². The van der Waals surface area contributed by atoms with Gasteiger partial charge in [-0.2, -0.15) is 0 Å². The van der Waals surface area contributed by atoms with Crippen LogP contribution in [0.4, 0.5) is 5.69 Å². The van der Waals surface area contributed by atoms with Gasteiger partial charge in [0.25, 0.3) is 0 Å². The van der Waals surface area contributed by atoms with Crippen molar-refractivity contribution in [3.63, 3.8) is 0 Å². The van der Waals surface area contributed by atoms with Crippen molar-refractivity contribution in [1.29, 1.82) is 0 Å². The highest BCUT2D eigenvalue weighted by molar-refractivity contribution is 6.40. The normalized spacial score (nSPS) is 17.1. The fourth-order valence-electron chi connectivity index (χ4n) is 3.88. The maximum atomic E-state index is 13.1. The molecule has 2 amide bonds. The lowest BCUT2D eigenvalue weighted by Crippen LogP contribution is -2.42. The summed E-state index contributed by atoms with van der Waals surface area (Å²) in [6, 6.07) is 19.3. The van der Waals surface area contributed by atoms with Gasteiger partial charge in [0.05, 0.1) is 17.2 Å². The molecule has 3 aromatic rings. The van der Waals surface area contributed by atoms with Crippen LogP contribution >= 0.6 is 0 Å². The number of carbonyl (C=O) groups excluding carboxylic acids is 2. The molecule has 0 saturated carbocycles. The second kappa shape index (κ2) is 8.21. The van der Waals surface area contributed by atoms with Crippen molar-refractivity contribution in [3.8, 4) is 0 Å². The molecule has 5 nitrogen and oxygen atoms in total. The molecular weight excluding hydrogens is 350 g/mol. The van der Waals surface area contributed by atoms with E-state index >= 15 is 0 Å². The van der Waals surface area contributed by atoms with E-state index in [4.69, 9.17) is 0 Å². The molecule has 4 rings (SSSR count). The molecule has 2 heterocycles. The molecule has 142 valence electrons. The number of para-hydroxylation sites is 1. The van der Waals surface area contributed by atoms with Crippen LogP contribution in [0.2, 0.25) is 0 Å². The van der Waals surface area contributed by atoms with Crippen LogP contribution in [0.25, 0.3) is 10.9 Å². The van der Waals surface area contributed by atoms with E-state index in [-0.39, 0.29) is 6.04 Å². The van der Waals surface area contributed by atoms with Crippen molar-refractivity contribution in [2.45, 2.75) is 31.7 Å². The standard InChI is InChI=1S/C23H23N3O2/c27-22(25-19-13-7-11-18-12-8-15-24-21(18)19)23(28)26-16-6-2-5-14-20(26)17-9-3-1-4-10-17/h1,3-4,7-13,15,20H,2,5-6,14,16H2,(H,25,27)/t20-/m1/s1. The zero-order valence-electron chi connectivity index (χ0n) is 15.7. The second-order valence-corrected chi connectivity index (χ2v) is 7.11. The SMILES string of the molecule is O=C(Nc1cccc2cccnc12)C(=O)N1CCCCC[C@@H]1c1ccccc1. The first-order valence-electron chi connectivity index (χ1n) is 9.75. The van der Waals surface area contributed by atoms with Gasteiger partial charge in [-0.05, 0) is 30.5 Å². The molecular formula is C23H23N3O2. The minimum Gasteiger partial charge on any atom is -0.327 e. The molecule has 0 aliphatic carbocycles. The monoisotopic (exact) mass is 373 g/mol. The van der Waals surface area contributed by atoms with E-state index in [2.05, 4.69) is 10.3 Å². The van der Waals surface area contributed by atoms with Gasteiger partial charge in [-0.1, -0.05) is 61.4 Å². The number of aromatic nitrogens is 1. The first-order valence-corrected chi connectivity index (χ1v) is 9.75. The van der Waals surface area contributed by atoms with E-state index in [0.29, 0.717) is 17.7 Å². The number of hydrogen-bond acceptors (Lipinski definition) is 3. The van der Waals surface area contributed by atoms with Crippen LogP contribution < -0.4 is 5.32 Å². The molecule has 1 N–H and O–H groups in total. The number of fused-ring (bicyclic) bond motifs is 1. The Balaban J connectivity index is 1.58. The molecule has 0 bridgehead atoms. The van der Waals surface area contributed by atoms with E-state index in [1.165, 1.54) is 0 Å². The summed E-state index contributed by atoms with van der Waals surface area (Å²) in [5.74, 6) is -1.09. The molecule has 5 heteroatoms. The summed E-state index contributed by atoms with van der Waals surface area (Å²) in [4.78, 5) is 32.0. The van der Waals surface area contributed by atoms with Crippen LogP contribution in [0.3, 0.4) is 0 Å². The molecule has 0 unspecified atom stereocenters. The highest BCUT2D eigenvalue weighted by Gasteiger charge is 2.30. The fourth-order valence-corrected chi connectivity index (χ4v) is 3.88. The molecule has 1 atom stereocenters. The van der Waals surface area contributed by atoms with E-state index < -0.39 is 11.8 Å². The number of nitrogens with one attached hydrogen (secondary N) is 1. The van der Waals surface area contributed by atoms with E-state index in [1.54, 1.807) is 17.2 Å². The van der Waals surface area contributed by atoms with Gasteiger partial charge in [-0.25, -0.2) is 0 Å². The van der Waals surface area contributed by atoms with Gasteiger partial charge in [0.15, 0.2) is 0 Å². The maximum absolute atomic E-state index is 13.1. The molecule has 1 saturated heterocycles. The molecule has 1 fully saturated rings. The lowest BCUT2D eigenvalue weighted by molar-refractivity contribution is -0.144. The van der Waals surface area contributed by atoms with Crippen molar-refractivity contribution in [2.75, 3.05) is 11.9 Å². The Hall–Kier alpha value is -3.21. The predicted molar refractivity (Wildman–Crippen MR) is 110 cm³/mol. The van der Waals surface area contributed by atoms with Crippen LogP contribution in [-0.2, 0) is 9.59 Å². The smallest absolute Gasteiger partial charge is 0.313 e. The molecule has 0 spiro atoms. The highest BCUT2D eigenvalue weighted by atomic mass is 16.2. The first-order chi connectivity index (χ1) is 13.7. The second-order valence-electron chi connectivity index (χ2n) is 7.11. The van der Waals surface area contributed by atoms with Crippen molar-refractivity contribution < 1.29 is 9.59 Å². The van der Waals surface area contributed by atoms with Gasteiger partial charge in [-0.3, -0.25) is 14.6 Å². The van der Waals surface area contributed by atoms with E-state index in [0.717, 1.165) is 36.6 Å². The lowest BCUT2D eigenvalue weighted by atomic mass is 10.0. The molecule has 1 aromatic heterocycles. The van der Waals surface area contributed by atoms with Crippen molar-refractivity contribution in [3.05, 3.63) is 72.4 Å². The number of hydrogen-bond donors (Lipinski definition) is 1. The van der Waals surface area contributed by atoms with Crippen LogP contribution in [0, 0.1) is 0 Å². The number of carbonyl (C=O) groups is 2. The summed E-state index contributed by atoms with van der Waals surface area (Å²) in [6.07, 6.45) is 5.59. The largest absolute Gasteiger partial charge is 0.327 e. The van der Waals surface area contributed by atoms with Gasteiger partial charge < -0.3 is 10.2 Å². The zero-order valence-corrected chi connectivity index (χ0v) is 15.7. The van der Waals surface area contributed by atoms with E-state index in [1.807, 2.05) is 54.6 Å². The number of likely N-dealkylation sites (tertiary alicyclic amines) is 1. The van der Waals surface area contributed by atoms with Crippen molar-refractivity contribution in [2.24, 2.45) is 0 Å². The van der Waals surface area contributed by atoms with Gasteiger partial charge in [0.1, 0.15) is 0 Å². The minimum absolute atomic E-state index is 0.0624. The third-order valence-corrected chi connectivity index (χ3v) is 5.27. The number of pyridine rings is 1. The quantitative estimate of drug-likeness (QED) is 0.681. The molecule has 2 aromatic carbocycles. The fraction of sp³-hybridized carbons (Fsp3) is 0.261. The Morgan fingerprint density at radius 1 is 0.929 bits per heavy atom. The van der Waals surface area contributed by atoms with Crippen LogP contribution in [-0.4, -0.2) is 28.2 Å². The Kier molecular flexibility index (Phi) is 5.33. The number of amides is 2. The Labute approximate surface area is 164 Å². The third-order valence-electron chi connectivity index (χ3n) is 5.27. The number of rotatable bonds is 2. The van der Waals surface area contributed by atoms with Crippen LogP contribution in [0.5, 0.6) is 0 Å². The number of anilines is 1. The maximum Gasteiger partial charge on any atom is 0.313 e. The van der Waals surface area contributed by atoms with Gasteiger partial charge in [-0.15, -0.1) is 0 Å². The first kappa shape index (κ1) is 18.2. The molecule has 0 radical (unpaired) electrons. The zero-order chi connectivity index (χ0) is 19.3. The summed E-state index contributed by atoms with van der Waals surface area (Å²) in [6.45, 7) is 0.597. The molecule has 1 aliphatic heterocycles. The highest BCUT2D eigenvalue weighted by Crippen LogP contribution is 2.30. The van der Waals surface area contributed by atoms with Gasteiger partial charge in [0, 0.05) is 18.1 Å². The van der Waals surface area contributed by atoms with Gasteiger partial charge >= 0.3 is 11.8 Å². The van der Waals surface area contributed by atoms with Crippen molar-refractivity contribution in [1.82, 2.24) is 9.88 Å². The molecule has 1 aliphatic rings. The summed E-state index contributed by atoms with van der Waals surface area (Å²) < 4.78 is 0. The third kappa shape index (κ3) is 3.74. The minimum atomic E-state index is -0.610. The molecule has 28 heavy (non-hydrogen) atoms. The summed E-state index contributed by atoms with van der Waals surface area (Å²) in [5.41, 5.74) is 2.32. The van der Waals surface area contributed by atoms with Crippen LogP contribution in [0.15, 0.2) is 66.9 Å².